The van der Waals surface area contributed by atoms with Gasteiger partial charge in [-0.25, -0.2) is 9.59 Å². The Labute approximate surface area is 137 Å². The number of alkyl carbamates (subject to hydrolysis) is 1. The monoisotopic (exact) mass is 338 g/mol. The molecule has 0 aliphatic heterocycles. The second kappa shape index (κ2) is 9.82. The highest BCUT2D eigenvalue weighted by molar-refractivity contribution is 5.86. The van der Waals surface area contributed by atoms with Gasteiger partial charge in [-0.2, -0.15) is 0 Å². The highest BCUT2D eigenvalue weighted by Gasteiger charge is 2.21. The van der Waals surface area contributed by atoms with Gasteiger partial charge in [0.15, 0.2) is 0 Å². The third-order valence-corrected chi connectivity index (χ3v) is 2.89. The quantitative estimate of drug-likeness (QED) is 0.509. The van der Waals surface area contributed by atoms with Crippen LogP contribution in [0.5, 0.6) is 0 Å². The van der Waals surface area contributed by atoms with E-state index in [1.807, 2.05) is 6.07 Å². The molecule has 1 aromatic rings. The number of carbonyl (C=O) groups is 4. The van der Waals surface area contributed by atoms with Crippen molar-refractivity contribution in [2.75, 3.05) is 6.54 Å². The van der Waals surface area contributed by atoms with Gasteiger partial charge in [0.05, 0.1) is 0 Å². The first-order chi connectivity index (χ1) is 11.4. The Bertz CT molecular complexity index is 589. The van der Waals surface area contributed by atoms with Gasteiger partial charge >= 0.3 is 18.0 Å². The van der Waals surface area contributed by atoms with Crippen molar-refractivity contribution in [1.29, 1.82) is 0 Å². The van der Waals surface area contributed by atoms with E-state index in [2.05, 4.69) is 10.6 Å². The number of ether oxygens (including phenoxy) is 1. The van der Waals surface area contributed by atoms with Crippen molar-refractivity contribution in [3.05, 3.63) is 35.9 Å². The summed E-state index contributed by atoms with van der Waals surface area (Å²) in [6, 6.07) is 7.58. The van der Waals surface area contributed by atoms with Gasteiger partial charge in [0, 0.05) is 6.42 Å². The van der Waals surface area contributed by atoms with E-state index < -0.39 is 42.9 Å². The Morgan fingerprint density at radius 2 is 1.75 bits per heavy atom. The summed E-state index contributed by atoms with van der Waals surface area (Å²) in [5.41, 5.74) is 0.775. The van der Waals surface area contributed by atoms with E-state index in [4.69, 9.17) is 14.9 Å². The van der Waals surface area contributed by atoms with Gasteiger partial charge in [-0.3, -0.25) is 9.59 Å². The zero-order valence-electron chi connectivity index (χ0n) is 12.7. The Kier molecular flexibility index (Phi) is 7.76. The first-order valence-corrected chi connectivity index (χ1v) is 7.07. The average molecular weight is 338 g/mol. The molecule has 1 rings (SSSR count). The van der Waals surface area contributed by atoms with E-state index in [1.165, 1.54) is 0 Å². The van der Waals surface area contributed by atoms with Gasteiger partial charge in [-0.1, -0.05) is 30.3 Å². The summed E-state index contributed by atoms with van der Waals surface area (Å²) in [4.78, 5) is 44.4. The molecule has 1 atom stereocenters. The Hall–Kier alpha value is -3.10. The molecule has 0 radical (unpaired) electrons. The molecule has 1 aromatic carbocycles. The molecule has 0 aliphatic rings. The van der Waals surface area contributed by atoms with Gasteiger partial charge in [0.2, 0.25) is 5.91 Å². The summed E-state index contributed by atoms with van der Waals surface area (Å²) in [5.74, 6) is -3.28. The Balaban J connectivity index is 2.31. The SMILES string of the molecule is O=C(O)CCC(NC(=O)CNC(=O)OCc1ccccc1)C(=O)O. The summed E-state index contributed by atoms with van der Waals surface area (Å²) in [7, 11) is 0. The van der Waals surface area contributed by atoms with Crippen molar-refractivity contribution in [1.82, 2.24) is 10.6 Å². The summed E-state index contributed by atoms with van der Waals surface area (Å²) in [5, 5.41) is 21.7. The van der Waals surface area contributed by atoms with E-state index in [-0.39, 0.29) is 13.0 Å². The molecule has 0 fully saturated rings. The smallest absolute Gasteiger partial charge is 0.407 e. The summed E-state index contributed by atoms with van der Waals surface area (Å²) < 4.78 is 4.89. The maximum Gasteiger partial charge on any atom is 0.407 e. The molecule has 0 saturated heterocycles. The number of carboxylic acids is 2. The molecule has 0 saturated carbocycles. The van der Waals surface area contributed by atoms with E-state index >= 15 is 0 Å². The molecular weight excluding hydrogens is 320 g/mol. The lowest BCUT2D eigenvalue weighted by atomic mass is 10.1. The Morgan fingerprint density at radius 1 is 1.08 bits per heavy atom. The zero-order valence-corrected chi connectivity index (χ0v) is 12.7. The lowest BCUT2D eigenvalue weighted by Gasteiger charge is -2.13. The van der Waals surface area contributed by atoms with Gasteiger partial charge in [-0.05, 0) is 12.0 Å². The van der Waals surface area contributed by atoms with Gasteiger partial charge in [0.1, 0.15) is 19.2 Å². The normalized spacial score (nSPS) is 11.2. The summed E-state index contributed by atoms with van der Waals surface area (Å²) in [6.45, 7) is -0.449. The van der Waals surface area contributed by atoms with Crippen LogP contribution >= 0.6 is 0 Å². The van der Waals surface area contributed by atoms with E-state index in [0.717, 1.165) is 5.56 Å². The number of nitrogens with one attached hydrogen (secondary N) is 2. The molecule has 130 valence electrons. The van der Waals surface area contributed by atoms with Gasteiger partial charge in [-0.15, -0.1) is 0 Å². The second-order valence-electron chi connectivity index (χ2n) is 4.81. The fraction of sp³-hybridized carbons (Fsp3) is 0.333. The molecule has 4 N–H and O–H groups in total. The number of hydrogen-bond acceptors (Lipinski definition) is 5. The van der Waals surface area contributed by atoms with Crippen LogP contribution in [0.3, 0.4) is 0 Å². The molecule has 1 unspecified atom stereocenters. The van der Waals surface area contributed by atoms with Crippen molar-refractivity contribution in [2.24, 2.45) is 0 Å². The Morgan fingerprint density at radius 3 is 2.33 bits per heavy atom. The van der Waals surface area contributed by atoms with Crippen LogP contribution in [0.2, 0.25) is 0 Å². The fourth-order valence-corrected chi connectivity index (χ4v) is 1.70. The third-order valence-electron chi connectivity index (χ3n) is 2.89. The molecule has 2 amide bonds. The van der Waals surface area contributed by atoms with Gasteiger partial charge in [0.25, 0.3) is 0 Å². The van der Waals surface area contributed by atoms with Crippen molar-refractivity contribution in [2.45, 2.75) is 25.5 Å². The van der Waals surface area contributed by atoms with Crippen molar-refractivity contribution in [3.63, 3.8) is 0 Å². The molecule has 0 aromatic heterocycles. The number of aliphatic carboxylic acids is 2. The highest BCUT2D eigenvalue weighted by atomic mass is 16.5. The molecule has 9 nitrogen and oxygen atoms in total. The summed E-state index contributed by atoms with van der Waals surface area (Å²) >= 11 is 0. The first-order valence-electron chi connectivity index (χ1n) is 7.07. The van der Waals surface area contributed by atoms with E-state index in [0.29, 0.717) is 0 Å². The van der Waals surface area contributed by atoms with Crippen molar-refractivity contribution in [3.8, 4) is 0 Å². The van der Waals surface area contributed by atoms with Crippen LogP contribution in [0.1, 0.15) is 18.4 Å². The van der Waals surface area contributed by atoms with Crippen LogP contribution in [0.15, 0.2) is 30.3 Å². The largest absolute Gasteiger partial charge is 0.481 e. The van der Waals surface area contributed by atoms with Crippen molar-refractivity contribution < 1.29 is 34.1 Å². The highest BCUT2D eigenvalue weighted by Crippen LogP contribution is 2.00. The fourth-order valence-electron chi connectivity index (χ4n) is 1.70. The minimum Gasteiger partial charge on any atom is -0.481 e. The van der Waals surface area contributed by atoms with Crippen LogP contribution in [-0.2, 0) is 25.7 Å². The maximum absolute atomic E-state index is 11.6. The maximum atomic E-state index is 11.6. The number of benzene rings is 1. The topological polar surface area (TPSA) is 142 Å². The predicted octanol–water partition coefficient (Wildman–Crippen LogP) is 0.347. The molecule has 0 spiro atoms. The molecule has 0 heterocycles. The molecule has 24 heavy (non-hydrogen) atoms. The van der Waals surface area contributed by atoms with Crippen LogP contribution < -0.4 is 10.6 Å². The van der Waals surface area contributed by atoms with Crippen LogP contribution in [0.4, 0.5) is 4.79 Å². The standard InChI is InChI=1S/C15H18N2O7/c18-12(17-11(14(21)22)6-7-13(19)20)8-16-15(23)24-9-10-4-2-1-3-5-10/h1-5,11H,6-9H2,(H,16,23)(H,17,18)(H,19,20)(H,21,22). The number of rotatable bonds is 9. The van der Waals surface area contributed by atoms with Crippen LogP contribution in [0, 0.1) is 0 Å². The molecule has 0 aliphatic carbocycles. The number of amides is 2. The molecule has 9 heteroatoms. The predicted molar refractivity (Wildman–Crippen MR) is 81.1 cm³/mol. The van der Waals surface area contributed by atoms with Gasteiger partial charge < -0.3 is 25.6 Å². The number of carbonyl (C=O) groups excluding carboxylic acids is 2. The first kappa shape index (κ1) is 18.9. The average Bonchev–Trinajstić information content (AvgIpc) is 2.55. The molecular formula is C15H18N2O7. The minimum absolute atomic E-state index is 0.0324. The van der Waals surface area contributed by atoms with E-state index in [9.17, 15) is 19.2 Å². The molecule has 0 bridgehead atoms. The van der Waals surface area contributed by atoms with Crippen LogP contribution in [-0.4, -0.2) is 46.7 Å². The van der Waals surface area contributed by atoms with E-state index in [1.54, 1.807) is 24.3 Å². The minimum atomic E-state index is -1.35. The third kappa shape index (κ3) is 7.78. The van der Waals surface area contributed by atoms with Crippen LogP contribution in [0.25, 0.3) is 0 Å². The number of carboxylic acid groups (broad SMARTS) is 2. The second-order valence-corrected chi connectivity index (χ2v) is 4.81. The number of hydrogen-bond donors (Lipinski definition) is 4. The lowest BCUT2D eigenvalue weighted by Crippen LogP contribution is -2.45. The zero-order chi connectivity index (χ0) is 17.9. The lowest BCUT2D eigenvalue weighted by molar-refractivity contribution is -0.142. The summed E-state index contributed by atoms with van der Waals surface area (Å²) in [6.07, 6.45) is -1.48. The van der Waals surface area contributed by atoms with Crippen molar-refractivity contribution >= 4 is 23.9 Å².